The molecule has 0 bridgehead atoms. The van der Waals surface area contributed by atoms with Crippen molar-refractivity contribution >= 4 is 16.1 Å². The van der Waals surface area contributed by atoms with Crippen LogP contribution in [0.1, 0.15) is 97.8 Å². The molecule has 0 amide bonds. The van der Waals surface area contributed by atoms with Crippen LogP contribution >= 0.6 is 0 Å². The number of hydrogen-bond donors (Lipinski definition) is 0. The number of ether oxygens (including phenoxy) is 1. The number of carbonyl (C=O) groups is 1. The summed E-state index contributed by atoms with van der Waals surface area (Å²) in [4.78, 5) is 11.8. The molecule has 0 heterocycles. The number of hydrogen-bond acceptors (Lipinski definition) is 5. The summed E-state index contributed by atoms with van der Waals surface area (Å²) < 4.78 is 38.9. The molecule has 0 aromatic heterocycles. The minimum atomic E-state index is -4.44. The molecule has 5 nitrogen and oxygen atoms in total. The number of unbranched alkanes of at least 4 members (excludes halogenated alkanes) is 8. The second kappa shape index (κ2) is 16.5. The van der Waals surface area contributed by atoms with E-state index in [0.29, 0.717) is 12.8 Å². The Balaban J connectivity index is 0. The van der Waals surface area contributed by atoms with Gasteiger partial charge in [0, 0.05) is 6.42 Å². The molecule has 0 aromatic rings. The SMILES string of the molecule is CCCCCCCCCCCC(=O)OC(CC)C(CC)S(=O)(=O)[O-].[Na+]. The first-order valence-corrected chi connectivity index (χ1v) is 11.0. The van der Waals surface area contributed by atoms with E-state index in [9.17, 15) is 17.8 Å². The van der Waals surface area contributed by atoms with Gasteiger partial charge in [0.25, 0.3) is 0 Å². The molecule has 0 N–H and O–H groups in total. The van der Waals surface area contributed by atoms with Gasteiger partial charge in [-0.25, -0.2) is 8.42 Å². The van der Waals surface area contributed by atoms with Crippen LogP contribution in [0.5, 0.6) is 0 Å². The van der Waals surface area contributed by atoms with E-state index in [1.807, 2.05) is 0 Å². The van der Waals surface area contributed by atoms with Crippen LogP contribution in [-0.4, -0.2) is 30.3 Å². The topological polar surface area (TPSA) is 83.5 Å². The Morgan fingerprint density at radius 2 is 1.36 bits per heavy atom. The molecular formula is C18H35NaO5S. The Kier molecular flexibility index (Phi) is 18.3. The van der Waals surface area contributed by atoms with Crippen molar-refractivity contribution in [1.29, 1.82) is 0 Å². The van der Waals surface area contributed by atoms with Crippen LogP contribution < -0.4 is 29.6 Å². The molecule has 0 rings (SSSR count). The molecule has 0 aliphatic carbocycles. The predicted molar refractivity (Wildman–Crippen MR) is 95.8 cm³/mol. The smallest absolute Gasteiger partial charge is 0.748 e. The van der Waals surface area contributed by atoms with Crippen molar-refractivity contribution in [2.24, 2.45) is 0 Å². The van der Waals surface area contributed by atoms with Crippen LogP contribution in [0.15, 0.2) is 0 Å². The zero-order chi connectivity index (χ0) is 18.4. The summed E-state index contributed by atoms with van der Waals surface area (Å²) in [6, 6.07) is 0. The first kappa shape index (κ1) is 27.6. The van der Waals surface area contributed by atoms with Crippen molar-refractivity contribution in [2.45, 2.75) is 109 Å². The first-order chi connectivity index (χ1) is 11.4. The van der Waals surface area contributed by atoms with E-state index < -0.39 is 27.4 Å². The van der Waals surface area contributed by atoms with Crippen molar-refractivity contribution in [3.8, 4) is 0 Å². The Bertz CT molecular complexity index is 425. The van der Waals surface area contributed by atoms with Gasteiger partial charge in [0.1, 0.15) is 16.2 Å². The fraction of sp³-hybridized carbons (Fsp3) is 0.944. The van der Waals surface area contributed by atoms with Crippen LogP contribution in [0.25, 0.3) is 0 Å². The van der Waals surface area contributed by atoms with Gasteiger partial charge in [0.05, 0.1) is 5.25 Å². The second-order valence-electron chi connectivity index (χ2n) is 6.45. The fourth-order valence-electron chi connectivity index (χ4n) is 2.88. The van der Waals surface area contributed by atoms with Gasteiger partial charge in [-0.3, -0.25) is 4.79 Å². The summed E-state index contributed by atoms with van der Waals surface area (Å²) in [6.45, 7) is 5.55. The van der Waals surface area contributed by atoms with Gasteiger partial charge in [0.2, 0.25) is 0 Å². The van der Waals surface area contributed by atoms with Gasteiger partial charge in [-0.05, 0) is 19.3 Å². The van der Waals surface area contributed by atoms with E-state index in [4.69, 9.17) is 4.74 Å². The van der Waals surface area contributed by atoms with Gasteiger partial charge >= 0.3 is 35.5 Å². The summed E-state index contributed by atoms with van der Waals surface area (Å²) in [7, 11) is -4.44. The Labute approximate surface area is 176 Å². The minimum Gasteiger partial charge on any atom is -0.748 e. The third-order valence-corrected chi connectivity index (χ3v) is 5.74. The summed E-state index contributed by atoms with van der Waals surface area (Å²) in [6.07, 6.45) is 10.4. The van der Waals surface area contributed by atoms with Crippen molar-refractivity contribution in [2.75, 3.05) is 0 Å². The maximum absolute atomic E-state index is 11.8. The molecule has 25 heavy (non-hydrogen) atoms. The molecule has 0 radical (unpaired) electrons. The second-order valence-corrected chi connectivity index (χ2v) is 8.05. The summed E-state index contributed by atoms with van der Waals surface area (Å²) in [5.41, 5.74) is 0. The fourth-order valence-corrected chi connectivity index (χ4v) is 3.91. The van der Waals surface area contributed by atoms with Crippen LogP contribution in [-0.2, 0) is 19.6 Å². The molecule has 7 heteroatoms. The monoisotopic (exact) mass is 386 g/mol. The average molecular weight is 387 g/mol. The standard InChI is InChI=1S/C18H36O5S.Na/c1-4-7-8-9-10-11-12-13-14-15-18(19)23-16(5-2)17(6-3)24(20,21)22;/h16-17H,4-15H2,1-3H3,(H,20,21,22);/q;+1/p-1. The van der Waals surface area contributed by atoms with Crippen LogP contribution in [0.3, 0.4) is 0 Å². The summed E-state index contributed by atoms with van der Waals surface area (Å²) in [5, 5.41) is -1.14. The number of rotatable bonds is 15. The maximum atomic E-state index is 11.8. The molecule has 0 fully saturated rings. The molecular weight excluding hydrogens is 351 g/mol. The summed E-state index contributed by atoms with van der Waals surface area (Å²) in [5.74, 6) is -0.396. The van der Waals surface area contributed by atoms with Crippen LogP contribution in [0.2, 0.25) is 0 Å². The van der Waals surface area contributed by atoms with Gasteiger partial charge in [-0.1, -0.05) is 72.1 Å². The first-order valence-electron chi connectivity index (χ1n) is 9.50. The van der Waals surface area contributed by atoms with Crippen molar-refractivity contribution in [1.82, 2.24) is 0 Å². The van der Waals surface area contributed by atoms with Gasteiger partial charge in [-0.2, -0.15) is 0 Å². The van der Waals surface area contributed by atoms with E-state index in [1.165, 1.54) is 38.5 Å². The number of esters is 1. The maximum Gasteiger partial charge on any atom is 1.00 e. The molecule has 0 saturated carbocycles. The predicted octanol–water partition coefficient (Wildman–Crippen LogP) is 1.56. The van der Waals surface area contributed by atoms with Gasteiger partial charge in [0.15, 0.2) is 0 Å². The largest absolute Gasteiger partial charge is 1.00 e. The Hall–Kier alpha value is 0.380. The molecule has 2 atom stereocenters. The third kappa shape index (κ3) is 14.1. The number of carbonyl (C=O) groups excluding carboxylic acids is 1. The van der Waals surface area contributed by atoms with Crippen LogP contribution in [0.4, 0.5) is 0 Å². The van der Waals surface area contributed by atoms with Crippen LogP contribution in [0, 0.1) is 0 Å². The molecule has 0 aliphatic heterocycles. The molecule has 144 valence electrons. The average Bonchev–Trinajstić information content (AvgIpc) is 2.51. The van der Waals surface area contributed by atoms with Gasteiger partial charge < -0.3 is 9.29 Å². The zero-order valence-corrected chi connectivity index (χ0v) is 19.4. The molecule has 0 spiro atoms. The van der Waals surface area contributed by atoms with E-state index in [-0.39, 0.29) is 36.0 Å². The van der Waals surface area contributed by atoms with E-state index in [1.54, 1.807) is 13.8 Å². The minimum absolute atomic E-state index is 0. The molecule has 2 unspecified atom stereocenters. The molecule has 0 aliphatic rings. The normalized spacial score (nSPS) is 13.8. The van der Waals surface area contributed by atoms with E-state index in [0.717, 1.165) is 19.3 Å². The van der Waals surface area contributed by atoms with Crippen molar-refractivity contribution < 1.29 is 52.1 Å². The third-order valence-electron chi connectivity index (χ3n) is 4.36. The summed E-state index contributed by atoms with van der Waals surface area (Å²) >= 11 is 0. The van der Waals surface area contributed by atoms with E-state index in [2.05, 4.69) is 6.92 Å². The van der Waals surface area contributed by atoms with Gasteiger partial charge in [-0.15, -0.1) is 0 Å². The van der Waals surface area contributed by atoms with Crippen molar-refractivity contribution in [3.05, 3.63) is 0 Å². The zero-order valence-electron chi connectivity index (χ0n) is 16.6. The quantitative estimate of drug-likeness (QED) is 0.185. The van der Waals surface area contributed by atoms with E-state index >= 15 is 0 Å². The molecule has 0 aromatic carbocycles. The van der Waals surface area contributed by atoms with Crippen molar-refractivity contribution in [3.63, 3.8) is 0 Å². The molecule has 0 saturated heterocycles. The Morgan fingerprint density at radius 3 is 1.76 bits per heavy atom. The Morgan fingerprint density at radius 1 is 0.880 bits per heavy atom.